The van der Waals surface area contributed by atoms with Crippen LogP contribution >= 0.6 is 12.4 Å². The maximum absolute atomic E-state index is 12.9. The number of benzene rings is 1. The molecule has 12 heteroatoms. The van der Waals surface area contributed by atoms with Crippen LogP contribution in [0.15, 0.2) is 40.0 Å². The van der Waals surface area contributed by atoms with Crippen LogP contribution in [0.3, 0.4) is 0 Å². The van der Waals surface area contributed by atoms with Crippen molar-refractivity contribution in [1.29, 1.82) is 0 Å². The summed E-state index contributed by atoms with van der Waals surface area (Å²) in [6.07, 6.45) is 2.26. The summed E-state index contributed by atoms with van der Waals surface area (Å²) in [5.74, 6) is 0.0914. The van der Waals surface area contributed by atoms with Gasteiger partial charge in [0, 0.05) is 36.0 Å². The van der Waals surface area contributed by atoms with Gasteiger partial charge in [0.05, 0.1) is 10.6 Å². The Morgan fingerprint density at radius 1 is 1.15 bits per heavy atom. The van der Waals surface area contributed by atoms with Crippen LogP contribution in [0.25, 0.3) is 5.95 Å². The monoisotopic (exact) mass is 506 g/mol. The molecule has 2 aromatic heterocycles. The molecule has 0 atom stereocenters. The van der Waals surface area contributed by atoms with Gasteiger partial charge >= 0.3 is 0 Å². The lowest BCUT2D eigenvalue weighted by atomic mass is 10.2. The minimum atomic E-state index is -3.55. The van der Waals surface area contributed by atoms with E-state index in [1.165, 1.54) is 33.3 Å². The van der Waals surface area contributed by atoms with Crippen molar-refractivity contribution in [3.05, 3.63) is 63.2 Å². The molecule has 182 valence electrons. The minimum absolute atomic E-state index is 0. The highest BCUT2D eigenvalue weighted by atomic mass is 35.5. The number of H-pyrrole nitrogens is 1. The first-order chi connectivity index (χ1) is 15.7. The standard InChI is InChI=1S/C22H26N6O4S.ClH/c1-4-18-15(3)23-22(25-21(18)30)28-19(13-14(2)26-28)24-20(29)16-7-9-17(10-8-16)33(31,32)27-11-5-6-12-27;/h7-10,13H,4-6,11-12H2,1-3H3,(H,24,29)(H,23,25,30);1H. The number of amides is 1. The van der Waals surface area contributed by atoms with Gasteiger partial charge in [-0.05, 0) is 57.4 Å². The van der Waals surface area contributed by atoms with Gasteiger partial charge in [-0.3, -0.25) is 14.6 Å². The third-order valence-electron chi connectivity index (χ3n) is 5.66. The number of aryl methyl sites for hydroxylation is 2. The smallest absolute Gasteiger partial charge is 0.256 e. The Balaban J connectivity index is 0.00000324. The number of halogens is 1. The average Bonchev–Trinajstić information content (AvgIpc) is 3.44. The Hall–Kier alpha value is -3.02. The molecule has 0 radical (unpaired) electrons. The molecule has 1 aliphatic rings. The first-order valence-electron chi connectivity index (χ1n) is 10.8. The van der Waals surface area contributed by atoms with Crippen molar-refractivity contribution in [3.63, 3.8) is 0 Å². The van der Waals surface area contributed by atoms with Crippen molar-refractivity contribution in [2.75, 3.05) is 18.4 Å². The Labute approximate surface area is 203 Å². The first kappa shape index (κ1) is 25.6. The van der Waals surface area contributed by atoms with Crippen LogP contribution in [0.2, 0.25) is 0 Å². The number of carbonyl (C=O) groups excluding carboxylic acids is 1. The van der Waals surface area contributed by atoms with Crippen LogP contribution in [-0.2, 0) is 16.4 Å². The SMILES string of the molecule is CCc1c(C)nc(-n2nc(C)cc2NC(=O)c2ccc(S(=O)(=O)N3CCCC3)cc2)[nH]c1=O.Cl. The molecule has 0 spiro atoms. The summed E-state index contributed by atoms with van der Waals surface area (Å²) in [6, 6.07) is 7.50. The third-order valence-corrected chi connectivity index (χ3v) is 7.57. The van der Waals surface area contributed by atoms with Crippen molar-refractivity contribution < 1.29 is 13.2 Å². The van der Waals surface area contributed by atoms with Gasteiger partial charge in [-0.25, -0.2) is 13.4 Å². The van der Waals surface area contributed by atoms with Crippen molar-refractivity contribution in [2.24, 2.45) is 0 Å². The van der Waals surface area contributed by atoms with E-state index >= 15 is 0 Å². The van der Waals surface area contributed by atoms with Crippen molar-refractivity contribution >= 4 is 34.2 Å². The predicted molar refractivity (Wildman–Crippen MR) is 130 cm³/mol. The fourth-order valence-electron chi connectivity index (χ4n) is 3.91. The van der Waals surface area contributed by atoms with Gasteiger partial charge in [0.25, 0.3) is 11.5 Å². The Morgan fingerprint density at radius 2 is 1.79 bits per heavy atom. The summed E-state index contributed by atoms with van der Waals surface area (Å²) >= 11 is 0. The zero-order valence-electron chi connectivity index (χ0n) is 19.2. The number of aromatic amines is 1. The first-order valence-corrected chi connectivity index (χ1v) is 12.2. The molecule has 3 heterocycles. The number of sulfonamides is 1. The second kappa shape index (κ2) is 10.1. The van der Waals surface area contributed by atoms with Crippen molar-refractivity contribution in [3.8, 4) is 5.95 Å². The molecule has 1 aromatic carbocycles. The van der Waals surface area contributed by atoms with E-state index in [9.17, 15) is 18.0 Å². The molecule has 0 aliphatic carbocycles. The molecule has 3 aromatic rings. The highest BCUT2D eigenvalue weighted by Gasteiger charge is 2.27. The normalized spacial score (nSPS) is 14.1. The fraction of sp³-hybridized carbons (Fsp3) is 0.364. The molecule has 0 unspecified atom stereocenters. The van der Waals surface area contributed by atoms with Crippen LogP contribution in [0.1, 0.15) is 47.1 Å². The number of nitrogens with zero attached hydrogens (tertiary/aromatic N) is 4. The van der Waals surface area contributed by atoms with Crippen LogP contribution in [0, 0.1) is 13.8 Å². The summed E-state index contributed by atoms with van der Waals surface area (Å²) in [7, 11) is -3.55. The van der Waals surface area contributed by atoms with Crippen LogP contribution in [0.5, 0.6) is 0 Å². The molecule has 0 saturated carbocycles. The summed E-state index contributed by atoms with van der Waals surface area (Å²) < 4.78 is 28.2. The average molecular weight is 507 g/mol. The summed E-state index contributed by atoms with van der Waals surface area (Å²) in [4.78, 5) is 32.5. The summed E-state index contributed by atoms with van der Waals surface area (Å²) in [5, 5.41) is 7.11. The number of hydrogen-bond donors (Lipinski definition) is 2. The van der Waals surface area contributed by atoms with Gasteiger partial charge in [-0.15, -0.1) is 12.4 Å². The summed E-state index contributed by atoms with van der Waals surface area (Å²) in [5.41, 5.74) is 1.85. The number of rotatable bonds is 6. The zero-order valence-corrected chi connectivity index (χ0v) is 20.8. The quantitative estimate of drug-likeness (QED) is 0.528. The Morgan fingerprint density at radius 3 is 2.38 bits per heavy atom. The molecule has 2 N–H and O–H groups in total. The Bertz CT molecular complexity index is 1360. The van der Waals surface area contributed by atoms with Crippen LogP contribution < -0.4 is 10.9 Å². The maximum Gasteiger partial charge on any atom is 0.256 e. The molecule has 1 amide bonds. The maximum atomic E-state index is 12.9. The lowest BCUT2D eigenvalue weighted by Crippen LogP contribution is -2.27. The highest BCUT2D eigenvalue weighted by Crippen LogP contribution is 2.22. The van der Waals surface area contributed by atoms with Gasteiger partial charge in [0.2, 0.25) is 16.0 Å². The van der Waals surface area contributed by atoms with Gasteiger partial charge in [0.15, 0.2) is 0 Å². The lowest BCUT2D eigenvalue weighted by Gasteiger charge is -2.15. The zero-order chi connectivity index (χ0) is 23.8. The molecule has 0 bridgehead atoms. The minimum Gasteiger partial charge on any atom is -0.306 e. The number of carbonyl (C=O) groups is 1. The van der Waals surface area contributed by atoms with Gasteiger partial charge in [-0.2, -0.15) is 14.1 Å². The second-order valence-electron chi connectivity index (χ2n) is 7.98. The molecule has 34 heavy (non-hydrogen) atoms. The van der Waals surface area contributed by atoms with Crippen molar-refractivity contribution in [2.45, 2.75) is 44.9 Å². The topological polar surface area (TPSA) is 130 Å². The van der Waals surface area contributed by atoms with E-state index in [1.54, 1.807) is 19.9 Å². The van der Waals surface area contributed by atoms with E-state index in [2.05, 4.69) is 20.4 Å². The van der Waals surface area contributed by atoms with Gasteiger partial charge in [0.1, 0.15) is 5.82 Å². The summed E-state index contributed by atoms with van der Waals surface area (Å²) in [6.45, 7) is 6.43. The highest BCUT2D eigenvalue weighted by molar-refractivity contribution is 7.89. The lowest BCUT2D eigenvalue weighted by molar-refractivity contribution is 0.102. The second-order valence-corrected chi connectivity index (χ2v) is 9.92. The van der Waals surface area contributed by atoms with E-state index in [1.807, 2.05) is 6.92 Å². The van der Waals surface area contributed by atoms with Crippen molar-refractivity contribution in [1.82, 2.24) is 24.1 Å². The number of anilines is 1. The largest absolute Gasteiger partial charge is 0.306 e. The van der Waals surface area contributed by atoms with Crippen LogP contribution in [-0.4, -0.2) is 51.5 Å². The number of nitrogens with one attached hydrogen (secondary N) is 2. The van der Waals surface area contributed by atoms with E-state index in [-0.39, 0.29) is 28.8 Å². The molecule has 1 aliphatic heterocycles. The molecule has 1 fully saturated rings. The van der Waals surface area contributed by atoms with Gasteiger partial charge in [-0.1, -0.05) is 6.92 Å². The van der Waals surface area contributed by atoms with E-state index in [0.29, 0.717) is 47.8 Å². The molecule has 10 nitrogen and oxygen atoms in total. The van der Waals surface area contributed by atoms with Gasteiger partial charge < -0.3 is 5.32 Å². The molecular formula is C22H27ClN6O4S. The number of hydrogen-bond acceptors (Lipinski definition) is 6. The molecule has 1 saturated heterocycles. The fourth-order valence-corrected chi connectivity index (χ4v) is 5.42. The van der Waals surface area contributed by atoms with E-state index < -0.39 is 15.9 Å². The predicted octanol–water partition coefficient (Wildman–Crippen LogP) is 2.59. The van der Waals surface area contributed by atoms with E-state index in [4.69, 9.17) is 0 Å². The molecular weight excluding hydrogens is 480 g/mol. The Kier molecular flexibility index (Phi) is 7.59. The van der Waals surface area contributed by atoms with Crippen LogP contribution in [0.4, 0.5) is 5.82 Å². The third kappa shape index (κ3) is 4.91. The molecule has 4 rings (SSSR count). The number of aromatic nitrogens is 4. The van der Waals surface area contributed by atoms with E-state index in [0.717, 1.165) is 12.8 Å².